The number of hydrogen-bond donors (Lipinski definition) is 2. The second-order valence-electron chi connectivity index (χ2n) is 3.61. The van der Waals surface area contributed by atoms with Gasteiger partial charge in [0.1, 0.15) is 0 Å². The molecule has 88 valence electrons. The van der Waals surface area contributed by atoms with Gasteiger partial charge in [-0.15, -0.1) is 0 Å². The fraction of sp³-hybridized carbons (Fsp3) is 0.364. The zero-order valence-corrected chi connectivity index (χ0v) is 10.8. The van der Waals surface area contributed by atoms with Crippen molar-refractivity contribution >= 4 is 27.5 Å². The number of amides is 1. The summed E-state index contributed by atoms with van der Waals surface area (Å²) in [5, 5.41) is 0. The molecular formula is C11H16BrN3O. The van der Waals surface area contributed by atoms with Crippen LogP contribution in [0.4, 0.5) is 5.69 Å². The number of halogens is 1. The minimum absolute atomic E-state index is 0.256. The summed E-state index contributed by atoms with van der Waals surface area (Å²) in [6.45, 7) is 3.64. The van der Waals surface area contributed by atoms with Crippen LogP contribution in [0.2, 0.25) is 0 Å². The molecule has 0 bridgehead atoms. The summed E-state index contributed by atoms with van der Waals surface area (Å²) < 4.78 is 0.951. The van der Waals surface area contributed by atoms with E-state index in [1.54, 1.807) is 0 Å². The molecule has 0 aromatic heterocycles. The van der Waals surface area contributed by atoms with E-state index in [0.717, 1.165) is 22.3 Å². The number of carbonyl (C=O) groups excluding carboxylic acids is 1. The Morgan fingerprint density at radius 1 is 1.50 bits per heavy atom. The van der Waals surface area contributed by atoms with Crippen molar-refractivity contribution in [3.05, 3.63) is 28.2 Å². The molecular weight excluding hydrogens is 270 g/mol. The molecule has 5 heteroatoms. The van der Waals surface area contributed by atoms with Crippen molar-refractivity contribution in [1.29, 1.82) is 0 Å². The number of benzene rings is 1. The van der Waals surface area contributed by atoms with E-state index in [0.29, 0.717) is 6.54 Å². The topological polar surface area (TPSA) is 72.3 Å². The average Bonchev–Trinajstić information content (AvgIpc) is 2.20. The molecule has 0 heterocycles. The molecule has 0 spiro atoms. The lowest BCUT2D eigenvalue weighted by atomic mass is 10.1. The highest BCUT2D eigenvalue weighted by atomic mass is 79.9. The van der Waals surface area contributed by atoms with Crippen molar-refractivity contribution in [3.8, 4) is 0 Å². The zero-order valence-electron chi connectivity index (χ0n) is 9.24. The number of nitrogens with two attached hydrogens (primary N) is 2. The van der Waals surface area contributed by atoms with Crippen LogP contribution in [0.5, 0.6) is 0 Å². The average molecular weight is 286 g/mol. The van der Waals surface area contributed by atoms with Crippen LogP contribution in [-0.2, 0) is 11.3 Å². The lowest BCUT2D eigenvalue weighted by Gasteiger charge is -2.19. The number of anilines is 1. The molecule has 1 rings (SSSR count). The molecule has 1 aromatic rings. The Morgan fingerprint density at radius 2 is 2.19 bits per heavy atom. The summed E-state index contributed by atoms with van der Waals surface area (Å²) in [4.78, 5) is 12.8. The molecule has 0 radical (unpaired) electrons. The van der Waals surface area contributed by atoms with Crippen LogP contribution in [0.3, 0.4) is 0 Å². The third-order valence-corrected chi connectivity index (χ3v) is 2.82. The first-order valence-electron chi connectivity index (χ1n) is 5.07. The Morgan fingerprint density at radius 3 is 2.69 bits per heavy atom. The highest BCUT2D eigenvalue weighted by Gasteiger charge is 2.08. The van der Waals surface area contributed by atoms with Crippen LogP contribution in [0.1, 0.15) is 12.5 Å². The third-order valence-electron chi connectivity index (χ3n) is 2.33. The van der Waals surface area contributed by atoms with Crippen molar-refractivity contribution in [2.24, 2.45) is 5.73 Å². The normalized spacial score (nSPS) is 10.7. The molecule has 0 aliphatic rings. The van der Waals surface area contributed by atoms with Crippen LogP contribution < -0.4 is 11.5 Å². The summed E-state index contributed by atoms with van der Waals surface area (Å²) >= 11 is 3.35. The maximum absolute atomic E-state index is 10.8. The van der Waals surface area contributed by atoms with Crippen molar-refractivity contribution < 1.29 is 4.79 Å². The molecule has 1 amide bonds. The Kier molecular flexibility index (Phi) is 4.76. The number of likely N-dealkylation sites (N-methyl/N-ethyl adjacent to an activating group) is 1. The summed E-state index contributed by atoms with van der Waals surface area (Å²) in [6.07, 6.45) is 0. The number of primary amides is 1. The summed E-state index contributed by atoms with van der Waals surface area (Å²) in [6, 6.07) is 5.74. The fourth-order valence-electron chi connectivity index (χ4n) is 1.45. The lowest BCUT2D eigenvalue weighted by molar-refractivity contribution is -0.119. The number of hydrogen-bond acceptors (Lipinski definition) is 3. The molecule has 4 nitrogen and oxygen atoms in total. The third kappa shape index (κ3) is 3.83. The molecule has 4 N–H and O–H groups in total. The van der Waals surface area contributed by atoms with E-state index < -0.39 is 0 Å². The van der Waals surface area contributed by atoms with Gasteiger partial charge in [0.25, 0.3) is 0 Å². The Labute approximate surface area is 104 Å². The van der Waals surface area contributed by atoms with Gasteiger partial charge in [-0.05, 0) is 24.2 Å². The van der Waals surface area contributed by atoms with Crippen LogP contribution in [0, 0.1) is 0 Å². The molecule has 0 saturated heterocycles. The van der Waals surface area contributed by atoms with E-state index in [2.05, 4.69) is 15.9 Å². The summed E-state index contributed by atoms with van der Waals surface area (Å²) in [5.41, 5.74) is 12.8. The fourth-order valence-corrected chi connectivity index (χ4v) is 1.83. The number of nitrogen functional groups attached to an aromatic ring is 1. The molecule has 0 aliphatic carbocycles. The maximum Gasteiger partial charge on any atom is 0.231 e. The standard InChI is InChI=1S/C11H16BrN3O/c1-2-15(7-11(14)16)6-8-3-4-9(12)5-10(8)13/h3-5H,2,6-7,13H2,1H3,(H2,14,16). The molecule has 0 saturated carbocycles. The van der Waals surface area contributed by atoms with Crippen molar-refractivity contribution in [2.75, 3.05) is 18.8 Å². The number of nitrogens with zero attached hydrogens (tertiary/aromatic N) is 1. The Hall–Kier alpha value is -1.07. The van der Waals surface area contributed by atoms with Crippen LogP contribution in [0.15, 0.2) is 22.7 Å². The quantitative estimate of drug-likeness (QED) is 0.802. The van der Waals surface area contributed by atoms with E-state index >= 15 is 0 Å². The van der Waals surface area contributed by atoms with Crippen molar-refractivity contribution in [2.45, 2.75) is 13.5 Å². The Bertz CT molecular complexity index is 381. The molecule has 0 fully saturated rings. The van der Waals surface area contributed by atoms with E-state index in [1.165, 1.54) is 0 Å². The monoisotopic (exact) mass is 285 g/mol. The second kappa shape index (κ2) is 5.86. The molecule has 16 heavy (non-hydrogen) atoms. The van der Waals surface area contributed by atoms with Gasteiger partial charge in [-0.1, -0.05) is 28.9 Å². The van der Waals surface area contributed by atoms with E-state index in [9.17, 15) is 4.79 Å². The van der Waals surface area contributed by atoms with Gasteiger partial charge in [0.15, 0.2) is 0 Å². The smallest absolute Gasteiger partial charge is 0.231 e. The SMILES string of the molecule is CCN(CC(N)=O)Cc1ccc(Br)cc1N. The van der Waals surface area contributed by atoms with Gasteiger partial charge in [-0.2, -0.15) is 0 Å². The predicted molar refractivity (Wildman–Crippen MR) is 68.7 cm³/mol. The predicted octanol–water partition coefficient (Wildman–Crippen LogP) is 1.34. The van der Waals surface area contributed by atoms with Gasteiger partial charge in [0.2, 0.25) is 5.91 Å². The van der Waals surface area contributed by atoms with E-state index in [1.807, 2.05) is 30.0 Å². The number of rotatable bonds is 5. The highest BCUT2D eigenvalue weighted by molar-refractivity contribution is 9.10. The first kappa shape index (κ1) is 13.0. The van der Waals surface area contributed by atoms with Gasteiger partial charge >= 0.3 is 0 Å². The van der Waals surface area contributed by atoms with Gasteiger partial charge in [-0.25, -0.2) is 0 Å². The summed E-state index contributed by atoms with van der Waals surface area (Å²) in [5.74, 6) is -0.322. The zero-order chi connectivity index (χ0) is 12.1. The van der Waals surface area contributed by atoms with Crippen LogP contribution in [0.25, 0.3) is 0 Å². The van der Waals surface area contributed by atoms with Crippen LogP contribution >= 0.6 is 15.9 Å². The maximum atomic E-state index is 10.8. The number of carbonyl (C=O) groups is 1. The molecule has 0 atom stereocenters. The molecule has 0 unspecified atom stereocenters. The first-order chi connectivity index (χ1) is 7.52. The Balaban J connectivity index is 2.73. The van der Waals surface area contributed by atoms with Gasteiger partial charge in [0, 0.05) is 16.7 Å². The minimum atomic E-state index is -0.322. The molecule has 1 aromatic carbocycles. The highest BCUT2D eigenvalue weighted by Crippen LogP contribution is 2.19. The van der Waals surface area contributed by atoms with E-state index in [-0.39, 0.29) is 12.5 Å². The lowest BCUT2D eigenvalue weighted by Crippen LogP contribution is -2.33. The van der Waals surface area contributed by atoms with Crippen molar-refractivity contribution in [1.82, 2.24) is 4.90 Å². The van der Waals surface area contributed by atoms with Gasteiger partial charge < -0.3 is 11.5 Å². The first-order valence-corrected chi connectivity index (χ1v) is 5.86. The van der Waals surface area contributed by atoms with Crippen LogP contribution in [-0.4, -0.2) is 23.9 Å². The van der Waals surface area contributed by atoms with E-state index in [4.69, 9.17) is 11.5 Å². The van der Waals surface area contributed by atoms with Gasteiger partial charge in [-0.3, -0.25) is 9.69 Å². The largest absolute Gasteiger partial charge is 0.398 e. The molecule has 0 aliphatic heterocycles. The second-order valence-corrected chi connectivity index (χ2v) is 4.53. The summed E-state index contributed by atoms with van der Waals surface area (Å²) in [7, 11) is 0. The minimum Gasteiger partial charge on any atom is -0.398 e. The van der Waals surface area contributed by atoms with Gasteiger partial charge in [0.05, 0.1) is 6.54 Å². The van der Waals surface area contributed by atoms with Crippen molar-refractivity contribution in [3.63, 3.8) is 0 Å².